The van der Waals surface area contributed by atoms with Gasteiger partial charge in [0, 0.05) is 17.7 Å². The fourth-order valence-electron chi connectivity index (χ4n) is 1.93. The highest BCUT2D eigenvalue weighted by Crippen LogP contribution is 2.31. The van der Waals surface area contributed by atoms with Crippen LogP contribution in [-0.4, -0.2) is 23.9 Å². The number of fused-ring (bicyclic) bond motifs is 1. The predicted molar refractivity (Wildman–Crippen MR) is 78.7 cm³/mol. The summed E-state index contributed by atoms with van der Waals surface area (Å²) in [6.07, 6.45) is 1.33. The molecule has 8 heteroatoms. The molecular weight excluding hydrogens is 304 g/mol. The molecule has 0 saturated heterocycles. The molecule has 0 unspecified atom stereocenters. The van der Waals surface area contributed by atoms with Gasteiger partial charge in [-0.15, -0.1) is 0 Å². The minimum absolute atomic E-state index is 0.0436. The zero-order valence-electron chi connectivity index (χ0n) is 11.7. The lowest BCUT2D eigenvalue weighted by molar-refractivity contribution is -0.384. The molecule has 3 rings (SSSR count). The minimum atomic E-state index is -0.786. The molecular formula is C15H10N2O6. The molecule has 0 spiro atoms. The molecule has 2 aromatic carbocycles. The van der Waals surface area contributed by atoms with E-state index < -0.39 is 10.9 Å². The average Bonchev–Trinajstić information content (AvgIpc) is 3.02. The second-order valence-corrected chi connectivity index (χ2v) is 4.53. The summed E-state index contributed by atoms with van der Waals surface area (Å²) in [5.74, 6) is 0.431. The number of nitrogens with zero attached hydrogens (tertiary/aromatic N) is 2. The van der Waals surface area contributed by atoms with Gasteiger partial charge in [0.15, 0.2) is 11.5 Å². The van der Waals surface area contributed by atoms with Crippen LogP contribution in [0.15, 0.2) is 47.6 Å². The maximum atomic E-state index is 11.8. The lowest BCUT2D eigenvalue weighted by atomic mass is 10.2. The van der Waals surface area contributed by atoms with Gasteiger partial charge in [-0.05, 0) is 24.3 Å². The van der Waals surface area contributed by atoms with Crippen LogP contribution in [0.25, 0.3) is 0 Å². The standard InChI is InChI=1S/C15H10N2O6/c18-15(11-2-1-3-12(7-11)17(19)20)23-16-8-10-4-5-13-14(6-10)22-9-21-13/h1-8H,9H2. The number of nitro groups is 1. The number of nitro benzene ring substituents is 1. The van der Waals surface area contributed by atoms with E-state index in [4.69, 9.17) is 14.3 Å². The number of hydrogen-bond donors (Lipinski definition) is 0. The SMILES string of the molecule is O=C(ON=Cc1ccc2c(c1)OCO2)c1cccc([N+](=O)[O-])c1. The molecule has 0 fully saturated rings. The third kappa shape index (κ3) is 3.26. The van der Waals surface area contributed by atoms with E-state index in [1.165, 1.54) is 24.4 Å². The van der Waals surface area contributed by atoms with Crippen LogP contribution in [0.3, 0.4) is 0 Å². The smallest absolute Gasteiger partial charge is 0.365 e. The van der Waals surface area contributed by atoms with Crippen molar-refractivity contribution in [2.45, 2.75) is 0 Å². The first-order valence-electron chi connectivity index (χ1n) is 6.52. The molecule has 1 aliphatic rings. The number of oxime groups is 1. The number of carbonyl (C=O) groups excluding carboxylic acids is 1. The zero-order valence-corrected chi connectivity index (χ0v) is 11.7. The van der Waals surface area contributed by atoms with Gasteiger partial charge in [-0.3, -0.25) is 10.1 Å². The Kier molecular flexibility index (Phi) is 3.88. The second-order valence-electron chi connectivity index (χ2n) is 4.53. The molecule has 0 bridgehead atoms. The molecule has 0 radical (unpaired) electrons. The molecule has 0 amide bonds. The molecule has 2 aromatic rings. The molecule has 1 aliphatic heterocycles. The van der Waals surface area contributed by atoms with Gasteiger partial charge in [0.25, 0.3) is 5.69 Å². The van der Waals surface area contributed by atoms with Crippen LogP contribution in [0.1, 0.15) is 15.9 Å². The third-order valence-corrected chi connectivity index (χ3v) is 3.03. The van der Waals surface area contributed by atoms with Gasteiger partial charge in [-0.2, -0.15) is 0 Å². The Balaban J connectivity index is 1.67. The fourth-order valence-corrected chi connectivity index (χ4v) is 1.93. The highest BCUT2D eigenvalue weighted by molar-refractivity contribution is 5.90. The monoisotopic (exact) mass is 314 g/mol. The van der Waals surface area contributed by atoms with E-state index in [9.17, 15) is 14.9 Å². The Labute approximate surface area is 130 Å². The molecule has 0 atom stereocenters. The van der Waals surface area contributed by atoms with Gasteiger partial charge < -0.3 is 14.3 Å². The number of carbonyl (C=O) groups is 1. The van der Waals surface area contributed by atoms with Crippen molar-refractivity contribution in [1.29, 1.82) is 0 Å². The summed E-state index contributed by atoms with van der Waals surface area (Å²) in [4.78, 5) is 26.6. The Bertz CT molecular complexity index is 802. The number of ether oxygens (including phenoxy) is 2. The van der Waals surface area contributed by atoms with Crippen molar-refractivity contribution < 1.29 is 24.0 Å². The van der Waals surface area contributed by atoms with Gasteiger partial charge in [-0.25, -0.2) is 4.79 Å². The van der Waals surface area contributed by atoms with E-state index in [1.54, 1.807) is 18.2 Å². The molecule has 8 nitrogen and oxygen atoms in total. The first-order chi connectivity index (χ1) is 11.1. The maximum Gasteiger partial charge on any atom is 0.365 e. The summed E-state index contributed by atoms with van der Waals surface area (Å²) in [7, 11) is 0. The highest BCUT2D eigenvalue weighted by atomic mass is 16.7. The van der Waals surface area contributed by atoms with E-state index in [0.717, 1.165) is 6.07 Å². The predicted octanol–water partition coefficient (Wildman–Crippen LogP) is 2.51. The molecule has 0 N–H and O–H groups in total. The zero-order chi connectivity index (χ0) is 16.2. The van der Waals surface area contributed by atoms with Crippen molar-refractivity contribution in [3.8, 4) is 11.5 Å². The normalized spacial score (nSPS) is 12.3. The molecule has 23 heavy (non-hydrogen) atoms. The Morgan fingerprint density at radius 1 is 1.22 bits per heavy atom. The van der Waals surface area contributed by atoms with Crippen molar-refractivity contribution in [3.63, 3.8) is 0 Å². The van der Waals surface area contributed by atoms with Crippen molar-refractivity contribution in [3.05, 3.63) is 63.7 Å². The van der Waals surface area contributed by atoms with Gasteiger partial charge in [0.1, 0.15) is 0 Å². The van der Waals surface area contributed by atoms with Crippen molar-refractivity contribution in [2.24, 2.45) is 5.16 Å². The summed E-state index contributed by atoms with van der Waals surface area (Å²) in [6.45, 7) is 0.164. The van der Waals surface area contributed by atoms with Crippen LogP contribution in [0.2, 0.25) is 0 Å². The molecule has 0 saturated carbocycles. The number of rotatable bonds is 4. The molecule has 116 valence electrons. The largest absolute Gasteiger partial charge is 0.454 e. The topological polar surface area (TPSA) is 100 Å². The van der Waals surface area contributed by atoms with E-state index in [-0.39, 0.29) is 18.0 Å². The molecule has 0 aliphatic carbocycles. The summed E-state index contributed by atoms with van der Waals surface area (Å²) in [5.41, 5.74) is 0.502. The Hall–Kier alpha value is -3.42. The van der Waals surface area contributed by atoms with Gasteiger partial charge in [0.2, 0.25) is 6.79 Å². The third-order valence-electron chi connectivity index (χ3n) is 3.03. The second kappa shape index (κ2) is 6.14. The lowest BCUT2D eigenvalue weighted by Gasteiger charge is -1.99. The van der Waals surface area contributed by atoms with Crippen LogP contribution >= 0.6 is 0 Å². The average molecular weight is 314 g/mol. The summed E-state index contributed by atoms with van der Waals surface area (Å²) < 4.78 is 10.4. The summed E-state index contributed by atoms with van der Waals surface area (Å²) >= 11 is 0. The minimum Gasteiger partial charge on any atom is -0.454 e. The van der Waals surface area contributed by atoms with E-state index in [2.05, 4.69) is 5.16 Å². The van der Waals surface area contributed by atoms with Crippen molar-refractivity contribution >= 4 is 17.9 Å². The van der Waals surface area contributed by atoms with Crippen LogP contribution in [-0.2, 0) is 4.84 Å². The van der Waals surface area contributed by atoms with E-state index in [1.807, 2.05) is 0 Å². The molecule has 0 aromatic heterocycles. The van der Waals surface area contributed by atoms with E-state index >= 15 is 0 Å². The van der Waals surface area contributed by atoms with Crippen molar-refractivity contribution in [1.82, 2.24) is 0 Å². The van der Waals surface area contributed by atoms with Crippen molar-refractivity contribution in [2.75, 3.05) is 6.79 Å². The Morgan fingerprint density at radius 3 is 2.87 bits per heavy atom. The maximum absolute atomic E-state index is 11.8. The lowest BCUT2D eigenvalue weighted by Crippen LogP contribution is -2.02. The molecule has 1 heterocycles. The summed E-state index contributed by atoms with van der Waals surface area (Å²) in [6, 6.07) is 10.3. The van der Waals surface area contributed by atoms with Gasteiger partial charge in [-0.1, -0.05) is 11.2 Å². The van der Waals surface area contributed by atoms with Gasteiger partial charge in [0.05, 0.1) is 16.7 Å². The number of non-ortho nitro benzene ring substituents is 1. The van der Waals surface area contributed by atoms with Crippen LogP contribution < -0.4 is 9.47 Å². The first-order valence-corrected chi connectivity index (χ1v) is 6.52. The summed E-state index contributed by atoms with van der Waals surface area (Å²) in [5, 5.41) is 14.2. The van der Waals surface area contributed by atoms with Crippen LogP contribution in [0.5, 0.6) is 11.5 Å². The first kappa shape index (κ1) is 14.5. The quantitative estimate of drug-likeness (QED) is 0.372. The van der Waals surface area contributed by atoms with Crippen LogP contribution in [0, 0.1) is 10.1 Å². The van der Waals surface area contributed by atoms with E-state index in [0.29, 0.717) is 17.1 Å². The van der Waals surface area contributed by atoms with Crippen LogP contribution in [0.4, 0.5) is 5.69 Å². The fraction of sp³-hybridized carbons (Fsp3) is 0.0667. The highest BCUT2D eigenvalue weighted by Gasteiger charge is 2.14. The van der Waals surface area contributed by atoms with Gasteiger partial charge >= 0.3 is 5.97 Å². The Morgan fingerprint density at radius 2 is 2.04 bits per heavy atom. The number of benzene rings is 2. The number of hydrogen-bond acceptors (Lipinski definition) is 7.